The zero-order valence-corrected chi connectivity index (χ0v) is 12.6. The molecule has 1 aliphatic rings. The number of hydrogen-bond donors (Lipinski definition) is 0. The van der Waals surface area contributed by atoms with Crippen LogP contribution in [0.2, 0.25) is 0 Å². The van der Waals surface area contributed by atoms with Gasteiger partial charge in [-0.25, -0.2) is 9.97 Å². The van der Waals surface area contributed by atoms with Crippen LogP contribution >= 0.6 is 23.5 Å². The van der Waals surface area contributed by atoms with Crippen LogP contribution in [0.25, 0.3) is 5.57 Å². The van der Waals surface area contributed by atoms with Gasteiger partial charge in [-0.3, -0.25) is 0 Å². The van der Waals surface area contributed by atoms with Gasteiger partial charge in [-0.2, -0.15) is 15.8 Å². The van der Waals surface area contributed by atoms with Crippen LogP contribution in [0.3, 0.4) is 0 Å². The van der Waals surface area contributed by atoms with Crippen LogP contribution in [-0.4, -0.2) is 9.97 Å². The van der Waals surface area contributed by atoms with Crippen molar-refractivity contribution in [1.82, 2.24) is 9.97 Å². The van der Waals surface area contributed by atoms with E-state index < -0.39 is 0 Å². The summed E-state index contributed by atoms with van der Waals surface area (Å²) < 4.78 is 0.752. The summed E-state index contributed by atoms with van der Waals surface area (Å²) in [6.07, 6.45) is 0. The normalized spacial score (nSPS) is 12.0. The van der Waals surface area contributed by atoms with E-state index in [1.807, 2.05) is 42.5 Å². The topological polar surface area (TPSA) is 97.1 Å². The van der Waals surface area contributed by atoms with Crippen molar-refractivity contribution in [2.75, 3.05) is 0 Å². The SMILES string of the molecule is N#CC(=C1Sc2nc(C#N)c(C#N)nc2S1)c1ccccc1. The Morgan fingerprint density at radius 1 is 0.864 bits per heavy atom. The molecule has 0 atom stereocenters. The Morgan fingerprint density at radius 3 is 1.86 bits per heavy atom. The van der Waals surface area contributed by atoms with Gasteiger partial charge in [-0.15, -0.1) is 0 Å². The lowest BCUT2D eigenvalue weighted by Crippen LogP contribution is -1.96. The summed E-state index contributed by atoms with van der Waals surface area (Å²) in [4.78, 5) is 8.31. The van der Waals surface area contributed by atoms with E-state index in [-0.39, 0.29) is 11.4 Å². The zero-order valence-electron chi connectivity index (χ0n) is 10.9. The van der Waals surface area contributed by atoms with Crippen LogP contribution in [0.15, 0.2) is 44.6 Å². The predicted octanol–water partition coefficient (Wildman–Crippen LogP) is 3.31. The quantitative estimate of drug-likeness (QED) is 0.744. The molecule has 0 radical (unpaired) electrons. The van der Waals surface area contributed by atoms with Crippen molar-refractivity contribution < 1.29 is 0 Å². The number of hydrogen-bond acceptors (Lipinski definition) is 7. The summed E-state index contributed by atoms with van der Waals surface area (Å²) in [7, 11) is 0. The Bertz CT molecular complexity index is 869. The molecular weight excluding hydrogens is 314 g/mol. The number of aromatic nitrogens is 2. The number of benzene rings is 1. The average molecular weight is 319 g/mol. The second-order valence-electron chi connectivity index (χ2n) is 4.10. The van der Waals surface area contributed by atoms with E-state index in [4.69, 9.17) is 10.5 Å². The number of nitrogens with zero attached hydrogens (tertiary/aromatic N) is 5. The van der Waals surface area contributed by atoms with Gasteiger partial charge in [0.2, 0.25) is 0 Å². The highest BCUT2D eigenvalue weighted by Crippen LogP contribution is 2.51. The molecule has 2 heterocycles. The minimum atomic E-state index is 0.00817. The first kappa shape index (κ1) is 14.2. The zero-order chi connectivity index (χ0) is 15.5. The van der Waals surface area contributed by atoms with Gasteiger partial charge in [0.1, 0.15) is 28.3 Å². The van der Waals surface area contributed by atoms with Crippen LogP contribution in [0, 0.1) is 34.0 Å². The third kappa shape index (κ3) is 2.42. The Balaban J connectivity index is 2.08. The second kappa shape index (κ2) is 5.91. The molecule has 0 aliphatic carbocycles. The van der Waals surface area contributed by atoms with E-state index in [2.05, 4.69) is 16.0 Å². The van der Waals surface area contributed by atoms with Crippen LogP contribution in [0.5, 0.6) is 0 Å². The molecule has 7 heteroatoms. The molecule has 3 rings (SSSR count). The first-order valence-electron chi connectivity index (χ1n) is 6.04. The van der Waals surface area contributed by atoms with Crippen molar-refractivity contribution in [2.45, 2.75) is 10.1 Å². The molecule has 1 aromatic heterocycles. The Kier molecular flexibility index (Phi) is 3.80. The fourth-order valence-corrected chi connectivity index (χ4v) is 4.14. The maximum absolute atomic E-state index is 9.44. The maximum Gasteiger partial charge on any atom is 0.178 e. The molecule has 0 fully saturated rings. The molecule has 0 spiro atoms. The van der Waals surface area contributed by atoms with E-state index >= 15 is 0 Å². The lowest BCUT2D eigenvalue weighted by atomic mass is 10.1. The van der Waals surface area contributed by atoms with Gasteiger partial charge in [0.25, 0.3) is 0 Å². The van der Waals surface area contributed by atoms with Crippen molar-refractivity contribution in [3.8, 4) is 18.2 Å². The van der Waals surface area contributed by atoms with Crippen molar-refractivity contribution in [2.24, 2.45) is 0 Å². The Hall–Kier alpha value is -2.79. The van der Waals surface area contributed by atoms with E-state index in [0.717, 1.165) is 9.80 Å². The van der Waals surface area contributed by atoms with Gasteiger partial charge in [-0.1, -0.05) is 53.9 Å². The molecule has 22 heavy (non-hydrogen) atoms. The van der Waals surface area contributed by atoms with Gasteiger partial charge in [0.05, 0.1) is 9.81 Å². The standard InChI is InChI=1S/C15H5N5S2/c16-6-10(9-4-2-1-3-5-9)15-21-13-14(22-15)20-12(8-18)11(7-17)19-13/h1-5H. The molecular formula is C15H5N5S2. The lowest BCUT2D eigenvalue weighted by Gasteiger charge is -2.01. The summed E-state index contributed by atoms with van der Waals surface area (Å²) in [6.45, 7) is 0. The number of rotatable bonds is 1. The molecule has 0 saturated heterocycles. The highest BCUT2D eigenvalue weighted by molar-refractivity contribution is 8.24. The third-order valence-corrected chi connectivity index (χ3v) is 5.17. The van der Waals surface area contributed by atoms with Crippen LogP contribution < -0.4 is 0 Å². The van der Waals surface area contributed by atoms with E-state index in [0.29, 0.717) is 15.6 Å². The second-order valence-corrected chi connectivity index (χ2v) is 6.36. The smallest absolute Gasteiger partial charge is 0.178 e. The van der Waals surface area contributed by atoms with E-state index in [1.54, 1.807) is 0 Å². The lowest BCUT2D eigenvalue weighted by molar-refractivity contribution is 0.902. The summed E-state index contributed by atoms with van der Waals surface area (Å²) in [5.41, 5.74) is 1.36. The molecule has 1 aliphatic heterocycles. The van der Waals surface area contributed by atoms with Crippen LogP contribution in [-0.2, 0) is 0 Å². The summed E-state index contributed by atoms with van der Waals surface area (Å²) in [5, 5.41) is 28.5. The molecule has 0 N–H and O–H groups in total. The molecule has 1 aromatic carbocycles. The molecule has 0 saturated carbocycles. The Labute approximate surface area is 134 Å². The summed E-state index contributed by atoms with van der Waals surface area (Å²) in [6, 6.07) is 15.3. The number of thioether (sulfide) groups is 2. The van der Waals surface area contributed by atoms with Crippen molar-refractivity contribution in [3.05, 3.63) is 51.5 Å². The Morgan fingerprint density at radius 2 is 1.41 bits per heavy atom. The van der Waals surface area contributed by atoms with Crippen molar-refractivity contribution in [1.29, 1.82) is 15.8 Å². The van der Waals surface area contributed by atoms with Gasteiger partial charge in [0.15, 0.2) is 11.4 Å². The monoisotopic (exact) mass is 319 g/mol. The molecule has 5 nitrogen and oxygen atoms in total. The van der Waals surface area contributed by atoms with Gasteiger partial charge in [-0.05, 0) is 5.56 Å². The van der Waals surface area contributed by atoms with Crippen molar-refractivity contribution in [3.63, 3.8) is 0 Å². The van der Waals surface area contributed by atoms with E-state index in [1.165, 1.54) is 23.5 Å². The number of nitriles is 3. The first-order chi connectivity index (χ1) is 10.8. The molecule has 2 aromatic rings. The largest absolute Gasteiger partial charge is 0.224 e. The molecule has 0 unspecified atom stereocenters. The average Bonchev–Trinajstić information content (AvgIpc) is 2.97. The van der Waals surface area contributed by atoms with Crippen molar-refractivity contribution >= 4 is 29.1 Å². The maximum atomic E-state index is 9.44. The molecule has 0 amide bonds. The van der Waals surface area contributed by atoms with Gasteiger partial charge >= 0.3 is 0 Å². The summed E-state index contributed by atoms with van der Waals surface area (Å²) >= 11 is 2.60. The highest BCUT2D eigenvalue weighted by atomic mass is 32.2. The summed E-state index contributed by atoms with van der Waals surface area (Å²) in [5.74, 6) is 0. The van der Waals surface area contributed by atoms with Crippen LogP contribution in [0.4, 0.5) is 0 Å². The fraction of sp³-hybridized carbons (Fsp3) is 0. The minimum absolute atomic E-state index is 0.00817. The minimum Gasteiger partial charge on any atom is -0.224 e. The number of allylic oxidation sites excluding steroid dienone is 1. The fourth-order valence-electron chi connectivity index (χ4n) is 1.82. The van der Waals surface area contributed by atoms with E-state index in [9.17, 15) is 5.26 Å². The highest BCUT2D eigenvalue weighted by Gasteiger charge is 2.26. The molecule has 102 valence electrons. The van der Waals surface area contributed by atoms with Gasteiger partial charge < -0.3 is 0 Å². The predicted molar refractivity (Wildman–Crippen MR) is 82.2 cm³/mol. The first-order valence-corrected chi connectivity index (χ1v) is 7.68. The van der Waals surface area contributed by atoms with Crippen LogP contribution in [0.1, 0.15) is 17.0 Å². The number of fused-ring (bicyclic) bond motifs is 1. The molecule has 0 bridgehead atoms. The van der Waals surface area contributed by atoms with Gasteiger partial charge in [0, 0.05) is 0 Å². The third-order valence-electron chi connectivity index (χ3n) is 2.80.